The van der Waals surface area contributed by atoms with Crippen LogP contribution in [0.2, 0.25) is 0 Å². The first-order chi connectivity index (χ1) is 8.98. The number of benzene rings is 1. The summed E-state index contributed by atoms with van der Waals surface area (Å²) in [4.78, 5) is 0. The summed E-state index contributed by atoms with van der Waals surface area (Å²) in [5.41, 5.74) is 1.78. The number of ether oxygens (including phenoxy) is 1. The maximum atomic E-state index is 12.0. The molecule has 0 atom stereocenters. The molecular weight excluding hydrogens is 259 g/mol. The van der Waals surface area contributed by atoms with E-state index in [0.29, 0.717) is 5.92 Å². The molecule has 3 nitrogen and oxygen atoms in total. The van der Waals surface area contributed by atoms with Gasteiger partial charge in [0.05, 0.1) is 5.71 Å². The van der Waals surface area contributed by atoms with E-state index >= 15 is 0 Å². The first-order valence-corrected chi connectivity index (χ1v) is 6.03. The van der Waals surface area contributed by atoms with Gasteiger partial charge < -0.3 is 9.94 Å². The summed E-state index contributed by atoms with van der Waals surface area (Å²) in [6.45, 7) is 0. The van der Waals surface area contributed by atoms with E-state index in [1.54, 1.807) is 12.1 Å². The van der Waals surface area contributed by atoms with E-state index in [1.807, 2.05) is 0 Å². The van der Waals surface area contributed by atoms with Crippen LogP contribution < -0.4 is 4.74 Å². The molecule has 1 aliphatic carbocycles. The first-order valence-electron chi connectivity index (χ1n) is 6.03. The Balaban J connectivity index is 1.99. The van der Waals surface area contributed by atoms with E-state index in [4.69, 9.17) is 5.21 Å². The molecule has 1 saturated carbocycles. The maximum absolute atomic E-state index is 12.0. The summed E-state index contributed by atoms with van der Waals surface area (Å²) >= 11 is 0. The van der Waals surface area contributed by atoms with Crippen molar-refractivity contribution in [3.63, 3.8) is 0 Å². The van der Waals surface area contributed by atoms with Crippen LogP contribution in [0.15, 0.2) is 29.4 Å². The van der Waals surface area contributed by atoms with Crippen LogP contribution in [0.25, 0.3) is 0 Å². The van der Waals surface area contributed by atoms with Crippen LogP contribution in [0.3, 0.4) is 0 Å². The summed E-state index contributed by atoms with van der Waals surface area (Å²) in [6.07, 6.45) is -1.51. The summed E-state index contributed by atoms with van der Waals surface area (Å²) in [5.74, 6) is 0.0927. The van der Waals surface area contributed by atoms with E-state index in [1.165, 1.54) is 12.1 Å². The van der Waals surface area contributed by atoms with E-state index in [9.17, 15) is 13.2 Å². The highest BCUT2D eigenvalue weighted by Gasteiger charge is 2.31. The molecule has 0 amide bonds. The lowest BCUT2D eigenvalue weighted by Gasteiger charge is -2.22. The minimum absolute atomic E-state index is 0.204. The molecule has 0 spiro atoms. The smallest absolute Gasteiger partial charge is 0.411 e. The quantitative estimate of drug-likeness (QED) is 0.651. The van der Waals surface area contributed by atoms with Gasteiger partial charge in [-0.25, -0.2) is 0 Å². The van der Waals surface area contributed by atoms with Gasteiger partial charge in [-0.2, -0.15) is 0 Å². The topological polar surface area (TPSA) is 41.8 Å². The third-order valence-corrected chi connectivity index (χ3v) is 3.29. The van der Waals surface area contributed by atoms with Gasteiger partial charge in [0.25, 0.3) is 0 Å². The van der Waals surface area contributed by atoms with Crippen molar-refractivity contribution >= 4 is 5.71 Å². The van der Waals surface area contributed by atoms with Gasteiger partial charge in [0.2, 0.25) is 0 Å². The van der Waals surface area contributed by atoms with Gasteiger partial charge in [0.15, 0.2) is 0 Å². The summed E-state index contributed by atoms with van der Waals surface area (Å²) in [6, 6.07) is 5.98. The molecule has 19 heavy (non-hydrogen) atoms. The number of halogens is 3. The standard InChI is InChI=1S/C13H14F3NO2/c14-13(15,16)19-12-7-3-10(4-8-12)9-1-5-11(17-18)6-2-9/h3-4,7-9,18H,1-2,5-6H2. The normalized spacial score (nSPS) is 20.2. The van der Waals surface area contributed by atoms with Gasteiger partial charge >= 0.3 is 6.36 Å². The Hall–Kier alpha value is -1.72. The predicted octanol–water partition coefficient (Wildman–Crippen LogP) is 4.07. The molecule has 104 valence electrons. The molecule has 0 aliphatic heterocycles. The maximum Gasteiger partial charge on any atom is 0.573 e. The minimum Gasteiger partial charge on any atom is -0.411 e. The number of oxime groups is 1. The molecule has 1 aromatic rings. The van der Waals surface area contributed by atoms with Crippen molar-refractivity contribution in [1.29, 1.82) is 0 Å². The second-order valence-corrected chi connectivity index (χ2v) is 4.56. The van der Waals surface area contributed by atoms with Crippen LogP contribution in [0.4, 0.5) is 13.2 Å². The van der Waals surface area contributed by atoms with Crippen LogP contribution in [0.5, 0.6) is 5.75 Å². The summed E-state index contributed by atoms with van der Waals surface area (Å²) < 4.78 is 39.9. The van der Waals surface area contributed by atoms with Crippen LogP contribution in [0, 0.1) is 0 Å². The van der Waals surface area contributed by atoms with Gasteiger partial charge in [0, 0.05) is 0 Å². The molecule has 0 unspecified atom stereocenters. The molecule has 1 aliphatic rings. The van der Waals surface area contributed by atoms with Crippen molar-refractivity contribution in [2.75, 3.05) is 0 Å². The van der Waals surface area contributed by atoms with Crippen molar-refractivity contribution < 1.29 is 23.1 Å². The zero-order chi connectivity index (χ0) is 13.9. The Morgan fingerprint density at radius 3 is 2.16 bits per heavy atom. The Labute approximate surface area is 108 Å². The van der Waals surface area contributed by atoms with Crippen LogP contribution in [-0.2, 0) is 0 Å². The number of hydrogen-bond acceptors (Lipinski definition) is 3. The molecule has 0 saturated heterocycles. The van der Waals surface area contributed by atoms with E-state index in [0.717, 1.165) is 37.0 Å². The van der Waals surface area contributed by atoms with Crippen molar-refractivity contribution in [2.24, 2.45) is 5.16 Å². The molecule has 0 bridgehead atoms. The molecule has 2 rings (SSSR count). The van der Waals surface area contributed by atoms with Crippen molar-refractivity contribution in [1.82, 2.24) is 0 Å². The molecule has 1 aromatic carbocycles. The largest absolute Gasteiger partial charge is 0.573 e. The Bertz CT molecular complexity index is 444. The SMILES string of the molecule is ON=C1CCC(c2ccc(OC(F)(F)F)cc2)CC1. The van der Waals surface area contributed by atoms with E-state index < -0.39 is 6.36 Å². The number of nitrogens with zero attached hydrogens (tertiary/aromatic N) is 1. The Morgan fingerprint density at radius 2 is 1.68 bits per heavy atom. The van der Waals surface area contributed by atoms with Crippen LogP contribution in [-0.4, -0.2) is 17.3 Å². The number of hydrogen-bond donors (Lipinski definition) is 1. The number of alkyl halides is 3. The van der Waals surface area contributed by atoms with Gasteiger partial charge in [-0.1, -0.05) is 17.3 Å². The van der Waals surface area contributed by atoms with Gasteiger partial charge in [-0.15, -0.1) is 13.2 Å². The third-order valence-electron chi connectivity index (χ3n) is 3.29. The van der Waals surface area contributed by atoms with Crippen molar-refractivity contribution in [2.45, 2.75) is 38.0 Å². The summed E-state index contributed by atoms with van der Waals surface area (Å²) in [7, 11) is 0. The lowest BCUT2D eigenvalue weighted by molar-refractivity contribution is -0.274. The highest BCUT2D eigenvalue weighted by Crippen LogP contribution is 2.33. The molecular formula is C13H14F3NO2. The third kappa shape index (κ3) is 3.87. The molecule has 0 radical (unpaired) electrons. The van der Waals surface area contributed by atoms with Crippen LogP contribution >= 0.6 is 0 Å². The van der Waals surface area contributed by atoms with Gasteiger partial charge in [-0.3, -0.25) is 0 Å². The average molecular weight is 273 g/mol. The second-order valence-electron chi connectivity index (χ2n) is 4.56. The molecule has 0 heterocycles. The lowest BCUT2D eigenvalue weighted by Crippen LogP contribution is -2.17. The first kappa shape index (κ1) is 13.7. The van der Waals surface area contributed by atoms with Crippen molar-refractivity contribution in [3.05, 3.63) is 29.8 Å². The molecule has 6 heteroatoms. The molecule has 1 N–H and O–H groups in total. The fourth-order valence-corrected chi connectivity index (χ4v) is 2.33. The molecule has 0 aromatic heterocycles. The highest BCUT2D eigenvalue weighted by molar-refractivity contribution is 5.84. The number of rotatable bonds is 2. The average Bonchev–Trinajstić information content (AvgIpc) is 2.38. The van der Waals surface area contributed by atoms with E-state index in [-0.39, 0.29) is 5.75 Å². The summed E-state index contributed by atoms with van der Waals surface area (Å²) in [5, 5.41) is 11.9. The monoisotopic (exact) mass is 273 g/mol. The Kier molecular flexibility index (Phi) is 3.97. The van der Waals surface area contributed by atoms with Gasteiger partial charge in [-0.05, 0) is 49.3 Å². The zero-order valence-corrected chi connectivity index (χ0v) is 10.2. The van der Waals surface area contributed by atoms with Crippen LogP contribution in [0.1, 0.15) is 37.2 Å². The van der Waals surface area contributed by atoms with E-state index in [2.05, 4.69) is 9.89 Å². The fraction of sp³-hybridized carbons (Fsp3) is 0.462. The second kappa shape index (κ2) is 5.50. The zero-order valence-electron chi connectivity index (χ0n) is 10.2. The van der Waals surface area contributed by atoms with Crippen molar-refractivity contribution in [3.8, 4) is 5.75 Å². The predicted molar refractivity (Wildman–Crippen MR) is 63.6 cm³/mol. The Morgan fingerprint density at radius 1 is 1.11 bits per heavy atom. The minimum atomic E-state index is -4.65. The lowest BCUT2D eigenvalue weighted by atomic mass is 9.83. The van der Waals surface area contributed by atoms with Gasteiger partial charge in [0.1, 0.15) is 5.75 Å². The molecule has 1 fully saturated rings. The highest BCUT2D eigenvalue weighted by atomic mass is 19.4. The fourth-order valence-electron chi connectivity index (χ4n) is 2.33.